The molecule has 0 saturated carbocycles. The van der Waals surface area contributed by atoms with Crippen LogP contribution in [-0.2, 0) is 9.47 Å². The summed E-state index contributed by atoms with van der Waals surface area (Å²) in [5, 5.41) is 5.18. The Morgan fingerprint density at radius 1 is 0.963 bits per heavy atom. The molecule has 0 aliphatic rings. The largest absolute Gasteiger partial charge is 0.465 e. The van der Waals surface area contributed by atoms with Gasteiger partial charge >= 0.3 is 11.9 Å². The van der Waals surface area contributed by atoms with E-state index in [0.717, 1.165) is 0 Å². The zero-order valence-electron chi connectivity index (χ0n) is 14.4. The van der Waals surface area contributed by atoms with Gasteiger partial charge in [0.25, 0.3) is 0 Å². The highest BCUT2D eigenvalue weighted by atomic mass is 35.5. The van der Waals surface area contributed by atoms with Crippen LogP contribution in [0.25, 0.3) is 16.9 Å². The Morgan fingerprint density at radius 3 is 2.22 bits per heavy atom. The molecule has 3 rings (SSSR count). The Morgan fingerprint density at radius 2 is 1.63 bits per heavy atom. The molecular formula is C19H14Cl2N2O4. The average Bonchev–Trinajstić information content (AvgIpc) is 3.07. The van der Waals surface area contributed by atoms with Gasteiger partial charge in [-0.15, -0.1) is 0 Å². The van der Waals surface area contributed by atoms with Crippen LogP contribution in [0.15, 0.2) is 48.5 Å². The number of hydrogen-bond donors (Lipinski definition) is 0. The predicted molar refractivity (Wildman–Crippen MR) is 102 cm³/mol. The molecule has 1 heterocycles. The van der Waals surface area contributed by atoms with Crippen LogP contribution in [0.1, 0.15) is 20.8 Å². The van der Waals surface area contributed by atoms with Crippen LogP contribution < -0.4 is 0 Å². The first-order valence-corrected chi connectivity index (χ1v) is 8.54. The van der Waals surface area contributed by atoms with E-state index < -0.39 is 11.9 Å². The van der Waals surface area contributed by atoms with Gasteiger partial charge in [0.2, 0.25) is 0 Å². The molecule has 0 saturated heterocycles. The summed E-state index contributed by atoms with van der Waals surface area (Å²) in [6.45, 7) is 0. The molecule has 0 fully saturated rings. The second kappa shape index (κ2) is 7.82. The molecule has 3 aromatic rings. The van der Waals surface area contributed by atoms with Gasteiger partial charge in [-0.1, -0.05) is 41.4 Å². The topological polar surface area (TPSA) is 70.4 Å². The zero-order valence-corrected chi connectivity index (χ0v) is 15.9. The first kappa shape index (κ1) is 18.9. The minimum Gasteiger partial charge on any atom is -0.465 e. The average molecular weight is 405 g/mol. The molecule has 8 heteroatoms. The number of carbonyl (C=O) groups excluding carboxylic acids is 2. The first-order chi connectivity index (χ1) is 13.0. The summed E-state index contributed by atoms with van der Waals surface area (Å²) in [4.78, 5) is 25.0. The lowest BCUT2D eigenvalue weighted by molar-refractivity contribution is 0.0549. The normalized spacial score (nSPS) is 10.5. The predicted octanol–water partition coefficient (Wildman–Crippen LogP) is 4.42. The van der Waals surface area contributed by atoms with E-state index in [9.17, 15) is 9.59 Å². The Balaban J connectivity index is 2.38. The van der Waals surface area contributed by atoms with Crippen LogP contribution in [-0.4, -0.2) is 35.9 Å². The maximum absolute atomic E-state index is 12.5. The number of carbonyl (C=O) groups is 2. The molecule has 0 radical (unpaired) electrons. The molecule has 2 aromatic carbocycles. The van der Waals surface area contributed by atoms with Gasteiger partial charge in [-0.3, -0.25) is 0 Å². The van der Waals surface area contributed by atoms with Crippen molar-refractivity contribution < 1.29 is 19.1 Å². The fourth-order valence-electron chi connectivity index (χ4n) is 2.62. The van der Waals surface area contributed by atoms with Crippen LogP contribution in [0, 0.1) is 0 Å². The molecule has 27 heavy (non-hydrogen) atoms. The number of hydrogen-bond acceptors (Lipinski definition) is 5. The third-order valence-corrected chi connectivity index (χ3v) is 4.39. The fourth-order valence-corrected chi connectivity index (χ4v) is 3.12. The van der Waals surface area contributed by atoms with E-state index in [-0.39, 0.29) is 22.0 Å². The molecule has 138 valence electrons. The summed E-state index contributed by atoms with van der Waals surface area (Å²) >= 11 is 12.3. The van der Waals surface area contributed by atoms with Crippen LogP contribution in [0.2, 0.25) is 10.0 Å². The molecule has 0 atom stereocenters. The van der Waals surface area contributed by atoms with Crippen molar-refractivity contribution in [1.29, 1.82) is 0 Å². The van der Waals surface area contributed by atoms with E-state index in [2.05, 4.69) is 5.10 Å². The zero-order chi connectivity index (χ0) is 19.6. The van der Waals surface area contributed by atoms with Gasteiger partial charge in [-0.05, 0) is 30.3 Å². The highest BCUT2D eigenvalue weighted by molar-refractivity contribution is 6.36. The van der Waals surface area contributed by atoms with Crippen molar-refractivity contribution in [3.8, 4) is 16.9 Å². The number of nitrogens with zero attached hydrogens (tertiary/aromatic N) is 2. The van der Waals surface area contributed by atoms with Crippen LogP contribution in [0.4, 0.5) is 0 Å². The maximum Gasteiger partial charge on any atom is 0.357 e. The van der Waals surface area contributed by atoms with Gasteiger partial charge in [0, 0.05) is 10.6 Å². The Kier molecular flexibility index (Phi) is 5.48. The quantitative estimate of drug-likeness (QED) is 0.601. The second-order valence-electron chi connectivity index (χ2n) is 5.43. The van der Waals surface area contributed by atoms with Crippen molar-refractivity contribution in [1.82, 2.24) is 9.78 Å². The summed E-state index contributed by atoms with van der Waals surface area (Å²) in [6, 6.07) is 13.6. The van der Waals surface area contributed by atoms with Crippen LogP contribution in [0.3, 0.4) is 0 Å². The van der Waals surface area contributed by atoms with Gasteiger partial charge in [-0.25, -0.2) is 14.3 Å². The number of halogens is 2. The highest BCUT2D eigenvalue weighted by Gasteiger charge is 2.31. The van der Waals surface area contributed by atoms with Gasteiger partial charge in [0.05, 0.1) is 24.9 Å². The molecule has 1 aromatic heterocycles. The number of aromatic nitrogens is 2. The molecule has 0 N–H and O–H groups in total. The van der Waals surface area contributed by atoms with Crippen molar-refractivity contribution in [2.45, 2.75) is 0 Å². The summed E-state index contributed by atoms with van der Waals surface area (Å²) in [7, 11) is 2.44. The smallest absolute Gasteiger partial charge is 0.357 e. The first-order valence-electron chi connectivity index (χ1n) is 7.78. The van der Waals surface area contributed by atoms with Crippen molar-refractivity contribution in [2.75, 3.05) is 14.2 Å². The highest BCUT2D eigenvalue weighted by Crippen LogP contribution is 2.34. The molecular weight excluding hydrogens is 391 g/mol. The summed E-state index contributed by atoms with van der Waals surface area (Å²) in [5.74, 6) is -1.47. The molecule has 0 spiro atoms. The lowest BCUT2D eigenvalue weighted by Crippen LogP contribution is -2.15. The van der Waals surface area contributed by atoms with E-state index >= 15 is 0 Å². The monoisotopic (exact) mass is 404 g/mol. The molecule has 0 amide bonds. The maximum atomic E-state index is 12.5. The van der Waals surface area contributed by atoms with Crippen molar-refractivity contribution in [2.24, 2.45) is 0 Å². The number of benzene rings is 2. The molecule has 0 aliphatic carbocycles. The molecule has 0 unspecified atom stereocenters. The second-order valence-corrected chi connectivity index (χ2v) is 6.27. The Bertz CT molecular complexity index is 1020. The standard InChI is InChI=1S/C19H14Cl2N2O4/c1-26-18(24)15-16(13-9-8-11(20)10-14(13)21)22-23(17(15)19(25)27-2)12-6-4-3-5-7-12/h3-10H,1-2H3. The summed E-state index contributed by atoms with van der Waals surface area (Å²) in [6.07, 6.45) is 0. The Labute approximate surface area is 165 Å². The van der Waals surface area contributed by atoms with Crippen LogP contribution in [0.5, 0.6) is 0 Å². The van der Waals surface area contributed by atoms with Gasteiger partial charge in [-0.2, -0.15) is 5.10 Å². The van der Waals surface area contributed by atoms with E-state index in [1.807, 2.05) is 6.07 Å². The van der Waals surface area contributed by atoms with Crippen molar-refractivity contribution in [3.05, 3.63) is 69.8 Å². The van der Waals surface area contributed by atoms with Crippen molar-refractivity contribution >= 4 is 35.1 Å². The summed E-state index contributed by atoms with van der Waals surface area (Å²) in [5.41, 5.74) is 1.09. The molecule has 6 nitrogen and oxygen atoms in total. The number of methoxy groups -OCH3 is 2. The number of esters is 2. The summed E-state index contributed by atoms with van der Waals surface area (Å²) < 4.78 is 11.1. The lowest BCUT2D eigenvalue weighted by Gasteiger charge is -2.07. The number of para-hydroxylation sites is 1. The number of ether oxygens (including phenoxy) is 2. The minimum atomic E-state index is -0.737. The lowest BCUT2D eigenvalue weighted by atomic mass is 10.1. The third-order valence-electron chi connectivity index (χ3n) is 3.84. The molecule has 0 bridgehead atoms. The fraction of sp³-hybridized carbons (Fsp3) is 0.105. The SMILES string of the molecule is COC(=O)c1c(-c2ccc(Cl)cc2Cl)nn(-c2ccccc2)c1C(=O)OC. The Hall–Kier alpha value is -2.83. The van der Waals surface area contributed by atoms with Crippen LogP contribution >= 0.6 is 23.2 Å². The third kappa shape index (κ3) is 3.54. The van der Waals surface area contributed by atoms with Crippen molar-refractivity contribution in [3.63, 3.8) is 0 Å². The number of rotatable bonds is 4. The van der Waals surface area contributed by atoms with E-state index in [1.165, 1.54) is 25.0 Å². The van der Waals surface area contributed by atoms with E-state index in [0.29, 0.717) is 16.3 Å². The molecule has 0 aliphatic heterocycles. The minimum absolute atomic E-state index is 0.0441. The van der Waals surface area contributed by atoms with E-state index in [1.54, 1.807) is 36.4 Å². The van der Waals surface area contributed by atoms with Gasteiger partial charge in [0.15, 0.2) is 5.69 Å². The van der Waals surface area contributed by atoms with Gasteiger partial charge < -0.3 is 9.47 Å². The van der Waals surface area contributed by atoms with E-state index in [4.69, 9.17) is 32.7 Å². The van der Waals surface area contributed by atoms with Gasteiger partial charge in [0.1, 0.15) is 11.3 Å².